The largest absolute Gasteiger partial charge is 0.384 e. The molecule has 3 aromatic rings. The first-order valence-corrected chi connectivity index (χ1v) is 9.72. The van der Waals surface area contributed by atoms with Crippen LogP contribution in [0.5, 0.6) is 0 Å². The van der Waals surface area contributed by atoms with Crippen molar-refractivity contribution < 1.29 is 9.13 Å². The van der Waals surface area contributed by atoms with Gasteiger partial charge < -0.3 is 5.32 Å². The van der Waals surface area contributed by atoms with Gasteiger partial charge in [0, 0.05) is 36.2 Å². The normalized spacial score (nSPS) is 11.2. The molecule has 1 N–H and O–H groups in total. The summed E-state index contributed by atoms with van der Waals surface area (Å²) < 4.78 is 6.41. The Kier molecular flexibility index (Phi) is 6.12. The molecule has 0 spiro atoms. The van der Waals surface area contributed by atoms with Gasteiger partial charge in [-0.2, -0.15) is 0 Å². The third-order valence-corrected chi connectivity index (χ3v) is 5.47. The van der Waals surface area contributed by atoms with Crippen LogP contribution in [-0.2, 0) is 21.1 Å². The molecule has 134 valence electrons. The summed E-state index contributed by atoms with van der Waals surface area (Å²) in [4.78, 5) is 0. The number of nitrogens with one attached hydrogen (secondary N) is 1. The Morgan fingerprint density at radius 3 is 2.50 bits per heavy atom. The third kappa shape index (κ3) is 4.76. The van der Waals surface area contributed by atoms with Gasteiger partial charge in [0.2, 0.25) is 5.69 Å². The number of pyridine rings is 1. The van der Waals surface area contributed by atoms with Crippen LogP contribution in [-0.4, -0.2) is 16.9 Å². The van der Waals surface area contributed by atoms with Gasteiger partial charge in [0.25, 0.3) is 0 Å². The number of aryl methyl sites for hydroxylation is 3. The highest BCUT2D eigenvalue weighted by molar-refractivity contribution is 7.99. The van der Waals surface area contributed by atoms with Gasteiger partial charge in [0.1, 0.15) is 19.4 Å². The van der Waals surface area contributed by atoms with Gasteiger partial charge in [-0.25, -0.2) is 13.7 Å². The van der Waals surface area contributed by atoms with Crippen LogP contribution in [0.15, 0.2) is 66.2 Å². The summed E-state index contributed by atoms with van der Waals surface area (Å²) >= 11 is 1.86. The highest BCUT2D eigenvalue weighted by Crippen LogP contribution is 2.14. The maximum absolute atomic E-state index is 3.49. The second-order valence-electron chi connectivity index (χ2n) is 6.27. The summed E-state index contributed by atoms with van der Waals surface area (Å²) in [6.07, 6.45) is 10.5. The van der Waals surface area contributed by atoms with E-state index in [9.17, 15) is 0 Å². The molecule has 0 unspecified atom stereocenters. The first-order valence-electron chi connectivity index (χ1n) is 8.74. The number of hydrogen-bond acceptors (Lipinski definition) is 2. The van der Waals surface area contributed by atoms with Gasteiger partial charge in [0.15, 0.2) is 6.20 Å². The topological polar surface area (TPSA) is 24.7 Å². The van der Waals surface area contributed by atoms with Crippen LogP contribution in [0.1, 0.15) is 11.3 Å². The molecule has 0 fully saturated rings. The lowest BCUT2D eigenvalue weighted by molar-refractivity contribution is -0.709. The molecule has 1 aromatic carbocycles. The third-order valence-electron chi connectivity index (χ3n) is 4.23. The van der Waals surface area contributed by atoms with Crippen LogP contribution < -0.4 is 14.5 Å². The van der Waals surface area contributed by atoms with Crippen molar-refractivity contribution in [3.63, 3.8) is 0 Å². The summed E-state index contributed by atoms with van der Waals surface area (Å²) in [5.74, 6) is 1.03. The standard InChI is InChI=1S/C21H25N4S/c1-23-14-5-4-6-20(23)12-9-18-7-10-19(11-8-18)22-13-17-26-21-24(2)15-16-25(21)3/h4-12,14-16H,13,17H2,1-3H3/q+1/p+1. The zero-order valence-corrected chi connectivity index (χ0v) is 16.4. The van der Waals surface area contributed by atoms with E-state index in [0.29, 0.717) is 0 Å². The average Bonchev–Trinajstić information content (AvgIpc) is 2.97. The second-order valence-corrected chi connectivity index (χ2v) is 7.33. The Hall–Kier alpha value is -2.53. The number of imidazole rings is 1. The van der Waals surface area contributed by atoms with Gasteiger partial charge in [-0.3, -0.25) is 0 Å². The molecule has 0 amide bonds. The van der Waals surface area contributed by atoms with Crippen molar-refractivity contribution in [2.24, 2.45) is 21.1 Å². The van der Waals surface area contributed by atoms with Crippen LogP contribution in [0.2, 0.25) is 0 Å². The summed E-state index contributed by atoms with van der Waals surface area (Å²) in [6, 6.07) is 14.8. The van der Waals surface area contributed by atoms with E-state index >= 15 is 0 Å². The highest BCUT2D eigenvalue weighted by atomic mass is 32.2. The molecule has 3 rings (SSSR count). The van der Waals surface area contributed by atoms with Crippen molar-refractivity contribution in [1.82, 2.24) is 4.57 Å². The fourth-order valence-electron chi connectivity index (χ4n) is 2.72. The van der Waals surface area contributed by atoms with E-state index in [-0.39, 0.29) is 0 Å². The number of nitrogens with zero attached hydrogens (tertiary/aromatic N) is 3. The maximum Gasteiger partial charge on any atom is 0.317 e. The minimum atomic E-state index is 0.935. The van der Waals surface area contributed by atoms with Crippen LogP contribution in [0.3, 0.4) is 0 Å². The van der Waals surface area contributed by atoms with Crippen molar-refractivity contribution in [2.45, 2.75) is 5.16 Å². The van der Waals surface area contributed by atoms with E-state index in [0.717, 1.165) is 18.0 Å². The molecule has 5 heteroatoms. The van der Waals surface area contributed by atoms with Crippen LogP contribution in [0.25, 0.3) is 12.2 Å². The van der Waals surface area contributed by atoms with E-state index < -0.39 is 0 Å². The molecule has 0 saturated carbocycles. The second kappa shape index (κ2) is 8.72. The molecular formula is C21H26N4S+2. The minimum Gasteiger partial charge on any atom is -0.384 e. The fourth-order valence-corrected chi connectivity index (χ4v) is 3.64. The molecular weight excluding hydrogens is 340 g/mol. The average molecular weight is 367 g/mol. The molecule has 26 heavy (non-hydrogen) atoms. The first kappa shape index (κ1) is 18.3. The maximum atomic E-state index is 3.49. The number of thioether (sulfide) groups is 1. The SMILES string of the molecule is Cn1cc[n+](C)c1SCCNc1ccc(/C=C/c2cccc[n+]2C)cc1. The van der Waals surface area contributed by atoms with Gasteiger partial charge >= 0.3 is 5.16 Å². The van der Waals surface area contributed by atoms with Crippen molar-refractivity contribution in [2.75, 3.05) is 17.6 Å². The van der Waals surface area contributed by atoms with E-state index in [4.69, 9.17) is 0 Å². The number of aromatic nitrogens is 3. The van der Waals surface area contributed by atoms with Crippen molar-refractivity contribution in [3.05, 3.63) is 72.3 Å². The molecule has 4 nitrogen and oxygen atoms in total. The quantitative estimate of drug-likeness (QED) is 0.395. The monoisotopic (exact) mass is 366 g/mol. The summed E-state index contributed by atoms with van der Waals surface area (Å²) in [5.41, 5.74) is 3.54. The Morgan fingerprint density at radius 2 is 1.81 bits per heavy atom. The van der Waals surface area contributed by atoms with E-state index in [1.165, 1.54) is 16.4 Å². The van der Waals surface area contributed by atoms with Crippen LogP contribution >= 0.6 is 11.8 Å². The Balaban J connectivity index is 1.49. The van der Waals surface area contributed by atoms with Gasteiger partial charge in [0.05, 0.1) is 14.1 Å². The van der Waals surface area contributed by atoms with Crippen LogP contribution in [0, 0.1) is 0 Å². The first-order chi connectivity index (χ1) is 12.6. The number of anilines is 1. The van der Waals surface area contributed by atoms with Gasteiger partial charge in [-0.1, -0.05) is 12.1 Å². The molecule has 0 atom stereocenters. The molecule has 0 aliphatic rings. The Morgan fingerprint density at radius 1 is 1.00 bits per heavy atom. The zero-order chi connectivity index (χ0) is 18.4. The van der Waals surface area contributed by atoms with Crippen molar-refractivity contribution >= 4 is 29.6 Å². The molecule has 0 bridgehead atoms. The predicted octanol–water partition coefficient (Wildman–Crippen LogP) is 3.05. The van der Waals surface area contributed by atoms with E-state index in [2.05, 4.69) is 107 Å². The lowest BCUT2D eigenvalue weighted by atomic mass is 10.1. The van der Waals surface area contributed by atoms with E-state index in [1.54, 1.807) is 0 Å². The van der Waals surface area contributed by atoms with Crippen molar-refractivity contribution in [3.8, 4) is 0 Å². The molecule has 0 aliphatic carbocycles. The van der Waals surface area contributed by atoms with Gasteiger partial charge in [-0.15, -0.1) is 0 Å². The van der Waals surface area contributed by atoms with Gasteiger partial charge in [-0.05, 0) is 41.6 Å². The van der Waals surface area contributed by atoms with Crippen LogP contribution in [0.4, 0.5) is 5.69 Å². The lowest BCUT2D eigenvalue weighted by Crippen LogP contribution is -2.30. The summed E-state index contributed by atoms with van der Waals surface area (Å²) in [5, 5.41) is 4.75. The fraction of sp³-hybridized carbons (Fsp3) is 0.238. The zero-order valence-electron chi connectivity index (χ0n) is 15.6. The minimum absolute atomic E-state index is 0.935. The molecule has 0 aliphatic heterocycles. The van der Waals surface area contributed by atoms with E-state index in [1.807, 2.05) is 17.8 Å². The number of rotatable bonds is 7. The molecule has 0 saturated heterocycles. The number of hydrogen-bond donors (Lipinski definition) is 1. The Labute approximate surface area is 159 Å². The highest BCUT2D eigenvalue weighted by Gasteiger charge is 2.10. The lowest BCUT2D eigenvalue weighted by Gasteiger charge is -2.06. The number of benzene rings is 1. The summed E-state index contributed by atoms with van der Waals surface area (Å²) in [6.45, 7) is 0.935. The smallest absolute Gasteiger partial charge is 0.317 e. The Bertz CT molecular complexity index is 862. The van der Waals surface area contributed by atoms with Crippen molar-refractivity contribution in [1.29, 1.82) is 0 Å². The molecule has 2 aromatic heterocycles. The molecule has 2 heterocycles. The summed E-state index contributed by atoms with van der Waals surface area (Å²) in [7, 11) is 6.22. The molecule has 0 radical (unpaired) electrons. The predicted molar refractivity (Wildman–Crippen MR) is 109 cm³/mol.